The Morgan fingerprint density at radius 3 is 2.76 bits per heavy atom. The monoisotopic (exact) mass is 336 g/mol. The van der Waals surface area contributed by atoms with E-state index in [0.29, 0.717) is 11.6 Å². The minimum atomic E-state index is -0.480. The molecule has 0 aliphatic carbocycles. The lowest BCUT2D eigenvalue weighted by Gasteiger charge is -2.23. The fraction of sp³-hybridized carbons (Fsp3) is 0.118. The van der Waals surface area contributed by atoms with Crippen LogP contribution in [0.15, 0.2) is 41.9 Å². The molecule has 1 atom stereocenters. The van der Waals surface area contributed by atoms with Gasteiger partial charge in [-0.2, -0.15) is 10.4 Å². The summed E-state index contributed by atoms with van der Waals surface area (Å²) in [6, 6.07) is 8.16. The van der Waals surface area contributed by atoms with Crippen LogP contribution in [0.25, 0.3) is 11.3 Å². The number of nitriles is 1. The highest BCUT2D eigenvalue weighted by atomic mass is 19.1. The van der Waals surface area contributed by atoms with Crippen molar-refractivity contribution in [1.29, 1.82) is 5.26 Å². The number of aromatic nitrogens is 4. The van der Waals surface area contributed by atoms with Crippen molar-refractivity contribution in [2.45, 2.75) is 12.8 Å². The first-order valence-electron chi connectivity index (χ1n) is 7.51. The molecular weight excluding hydrogens is 323 g/mol. The van der Waals surface area contributed by atoms with Gasteiger partial charge in [-0.1, -0.05) is 0 Å². The fourth-order valence-corrected chi connectivity index (χ4v) is 3.07. The number of ether oxygens (including phenoxy) is 1. The van der Waals surface area contributed by atoms with Crippen molar-refractivity contribution in [2.24, 2.45) is 5.73 Å². The largest absolute Gasteiger partial charge is 0.420 e. The van der Waals surface area contributed by atoms with Crippen molar-refractivity contribution >= 4 is 0 Å². The van der Waals surface area contributed by atoms with E-state index in [9.17, 15) is 9.65 Å². The summed E-state index contributed by atoms with van der Waals surface area (Å²) in [6.07, 6.45) is 1.63. The van der Waals surface area contributed by atoms with Gasteiger partial charge in [0.1, 0.15) is 17.5 Å². The van der Waals surface area contributed by atoms with E-state index in [4.69, 9.17) is 10.5 Å². The smallest absolute Gasteiger partial charge is 0.244 e. The lowest BCUT2D eigenvalue weighted by molar-refractivity contribution is 0.379. The number of H-pyrrole nitrogens is 2. The normalized spacial score (nSPS) is 16.3. The van der Waals surface area contributed by atoms with Gasteiger partial charge in [0, 0.05) is 22.4 Å². The molecular formula is C17H13FN6O. The number of hydrogen-bond donors (Lipinski definition) is 3. The predicted molar refractivity (Wildman–Crippen MR) is 86.6 cm³/mol. The number of nitrogens with zero attached hydrogens (tertiary/aromatic N) is 3. The number of benzene rings is 1. The van der Waals surface area contributed by atoms with Gasteiger partial charge in [0.25, 0.3) is 0 Å². The van der Waals surface area contributed by atoms with E-state index in [-0.39, 0.29) is 17.3 Å². The quantitative estimate of drug-likeness (QED) is 0.664. The first-order chi connectivity index (χ1) is 12.1. The third-order valence-electron chi connectivity index (χ3n) is 4.24. The molecule has 0 saturated carbocycles. The molecule has 2 aromatic heterocycles. The Balaban J connectivity index is 1.93. The average Bonchev–Trinajstić information content (AvgIpc) is 3.22. The number of aromatic amines is 2. The van der Waals surface area contributed by atoms with Crippen LogP contribution in [0.5, 0.6) is 5.88 Å². The summed E-state index contributed by atoms with van der Waals surface area (Å²) in [5.41, 5.74) is 9.87. The summed E-state index contributed by atoms with van der Waals surface area (Å²) >= 11 is 0. The van der Waals surface area contributed by atoms with Crippen LogP contribution in [0.4, 0.5) is 4.39 Å². The van der Waals surface area contributed by atoms with Gasteiger partial charge in [0.05, 0.1) is 17.8 Å². The van der Waals surface area contributed by atoms with Gasteiger partial charge < -0.3 is 10.5 Å². The molecule has 4 rings (SSSR count). The Morgan fingerprint density at radius 2 is 2.04 bits per heavy atom. The van der Waals surface area contributed by atoms with Crippen LogP contribution >= 0.6 is 0 Å². The van der Waals surface area contributed by atoms with Crippen molar-refractivity contribution in [1.82, 2.24) is 20.4 Å². The van der Waals surface area contributed by atoms with Gasteiger partial charge in [-0.3, -0.25) is 10.2 Å². The molecule has 25 heavy (non-hydrogen) atoms. The van der Waals surface area contributed by atoms with Crippen molar-refractivity contribution in [3.63, 3.8) is 0 Å². The minimum Gasteiger partial charge on any atom is -0.420 e. The number of rotatable bonds is 2. The number of aryl methyl sites for hydroxylation is 1. The zero-order valence-electron chi connectivity index (χ0n) is 13.2. The molecule has 3 aromatic rings. The molecule has 8 heteroatoms. The number of hydrogen-bond acceptors (Lipinski definition) is 5. The van der Waals surface area contributed by atoms with Crippen LogP contribution in [-0.2, 0) is 0 Å². The molecule has 0 unspecified atom stereocenters. The van der Waals surface area contributed by atoms with Crippen LogP contribution < -0.4 is 10.5 Å². The first-order valence-corrected chi connectivity index (χ1v) is 7.51. The second-order valence-corrected chi connectivity index (χ2v) is 5.70. The molecule has 1 aliphatic rings. The highest BCUT2D eigenvalue weighted by Crippen LogP contribution is 2.44. The van der Waals surface area contributed by atoms with Crippen LogP contribution in [0.1, 0.15) is 22.7 Å². The number of allylic oxidation sites excluding steroid dienone is 1. The summed E-state index contributed by atoms with van der Waals surface area (Å²) in [6.45, 7) is 1.84. The summed E-state index contributed by atoms with van der Waals surface area (Å²) < 4.78 is 18.7. The van der Waals surface area contributed by atoms with Crippen LogP contribution in [-0.4, -0.2) is 20.4 Å². The van der Waals surface area contributed by atoms with Crippen LogP contribution in [0.2, 0.25) is 0 Å². The number of nitrogens with two attached hydrogens (primary N) is 1. The third kappa shape index (κ3) is 2.25. The third-order valence-corrected chi connectivity index (χ3v) is 4.24. The molecule has 0 saturated heterocycles. The van der Waals surface area contributed by atoms with E-state index in [2.05, 4.69) is 26.5 Å². The zero-order chi connectivity index (χ0) is 17.6. The van der Waals surface area contributed by atoms with Crippen molar-refractivity contribution in [3.05, 3.63) is 64.6 Å². The summed E-state index contributed by atoms with van der Waals surface area (Å²) in [5, 5.41) is 23.6. The molecule has 124 valence electrons. The van der Waals surface area contributed by atoms with Gasteiger partial charge in [-0.25, -0.2) is 4.39 Å². The average molecular weight is 336 g/mol. The number of halogens is 1. The highest BCUT2D eigenvalue weighted by molar-refractivity contribution is 5.68. The maximum absolute atomic E-state index is 13.2. The van der Waals surface area contributed by atoms with E-state index in [1.54, 1.807) is 18.3 Å². The Bertz CT molecular complexity index is 1020. The fourth-order valence-electron chi connectivity index (χ4n) is 3.07. The van der Waals surface area contributed by atoms with E-state index in [1.807, 2.05) is 6.92 Å². The molecule has 0 fully saturated rings. The molecule has 0 amide bonds. The van der Waals surface area contributed by atoms with E-state index in [0.717, 1.165) is 22.4 Å². The number of nitrogens with one attached hydrogen (secondary N) is 2. The van der Waals surface area contributed by atoms with Gasteiger partial charge in [-0.05, 0) is 31.2 Å². The lowest BCUT2D eigenvalue weighted by atomic mass is 9.83. The van der Waals surface area contributed by atoms with E-state index in [1.165, 1.54) is 12.1 Å². The summed E-state index contributed by atoms with van der Waals surface area (Å²) in [4.78, 5) is 0. The van der Waals surface area contributed by atoms with Gasteiger partial charge in [0.2, 0.25) is 11.8 Å². The van der Waals surface area contributed by atoms with Crippen molar-refractivity contribution < 1.29 is 9.13 Å². The Morgan fingerprint density at radius 1 is 1.28 bits per heavy atom. The van der Waals surface area contributed by atoms with E-state index >= 15 is 0 Å². The maximum Gasteiger partial charge on any atom is 0.244 e. The zero-order valence-corrected chi connectivity index (χ0v) is 13.2. The van der Waals surface area contributed by atoms with Gasteiger partial charge >= 0.3 is 0 Å². The topological polar surface area (TPSA) is 116 Å². The SMILES string of the molecule is Cc1[nH]nc2c1[C@@H](c1cn[nH]c1-c1ccc(F)cc1)C(C#N)=C(N)O2. The summed E-state index contributed by atoms with van der Waals surface area (Å²) in [7, 11) is 0. The molecule has 0 spiro atoms. The Labute approximate surface area is 141 Å². The second kappa shape index (κ2) is 5.49. The number of fused-ring (bicyclic) bond motifs is 1. The van der Waals surface area contributed by atoms with E-state index < -0.39 is 5.92 Å². The molecule has 0 bridgehead atoms. The van der Waals surface area contributed by atoms with Gasteiger partial charge in [-0.15, -0.1) is 5.10 Å². The summed E-state index contributed by atoms with van der Waals surface area (Å²) in [5.74, 6) is -0.458. The molecule has 3 heterocycles. The second-order valence-electron chi connectivity index (χ2n) is 5.70. The lowest BCUT2D eigenvalue weighted by Crippen LogP contribution is -2.21. The standard InChI is InChI=1S/C17H13FN6O/c1-8-13-14(11(6-19)16(20)25-17(13)24-22-8)12-7-21-23-15(12)9-2-4-10(18)5-3-9/h2-5,7,14H,20H2,1H3,(H,21,23)(H,22,24)/t14-/m1/s1. The maximum atomic E-state index is 13.2. The Kier molecular flexibility index (Phi) is 3.28. The molecule has 7 nitrogen and oxygen atoms in total. The van der Waals surface area contributed by atoms with Crippen molar-refractivity contribution in [2.75, 3.05) is 0 Å². The van der Waals surface area contributed by atoms with Crippen molar-refractivity contribution in [3.8, 4) is 23.2 Å². The highest BCUT2D eigenvalue weighted by Gasteiger charge is 2.36. The van der Waals surface area contributed by atoms with Crippen LogP contribution in [0, 0.1) is 24.1 Å². The first kappa shape index (κ1) is 15.0. The van der Waals surface area contributed by atoms with Crippen LogP contribution in [0.3, 0.4) is 0 Å². The minimum absolute atomic E-state index is 0.0118. The molecule has 4 N–H and O–H groups in total. The van der Waals surface area contributed by atoms with Gasteiger partial charge in [0.15, 0.2) is 0 Å². The predicted octanol–water partition coefficient (Wildman–Crippen LogP) is 2.47. The molecule has 0 radical (unpaired) electrons. The Hall–Kier alpha value is -3.60. The molecule has 1 aromatic carbocycles. The molecule has 1 aliphatic heterocycles.